The van der Waals surface area contributed by atoms with Gasteiger partial charge in [0, 0.05) is 10.9 Å². The first-order valence-corrected chi connectivity index (χ1v) is 9.22. The number of aliphatic carboxylic acids is 1. The molecule has 0 aliphatic heterocycles. The number of amides is 1. The smallest absolute Gasteiger partial charge is 0.326 e. The molecule has 1 atom stereocenters. The Balaban J connectivity index is 1.97. The van der Waals surface area contributed by atoms with Crippen molar-refractivity contribution in [1.29, 1.82) is 0 Å². The highest BCUT2D eigenvalue weighted by molar-refractivity contribution is 7.13. The molecule has 7 heteroatoms. The standard InChI is InChI=1S/C19H22N2O4S/c1-3-5-6-16(19(23)24)21-17(22)11-14-12-26-18(20-14)13-7-9-15(10-8-13)25-4-2/h3,7-10,12,16H,1,4-6,11H2,2H3,(H,21,22)(H,23,24). The Morgan fingerprint density at radius 2 is 2.12 bits per heavy atom. The first kappa shape index (κ1) is 19.7. The lowest BCUT2D eigenvalue weighted by atomic mass is 10.1. The molecular formula is C19H22N2O4S. The number of benzene rings is 1. The maximum absolute atomic E-state index is 12.1. The topological polar surface area (TPSA) is 88.5 Å². The Morgan fingerprint density at radius 1 is 1.38 bits per heavy atom. The minimum Gasteiger partial charge on any atom is -0.494 e. The van der Waals surface area contributed by atoms with E-state index in [4.69, 9.17) is 9.84 Å². The van der Waals surface area contributed by atoms with Crippen molar-refractivity contribution >= 4 is 23.2 Å². The van der Waals surface area contributed by atoms with Gasteiger partial charge in [0.1, 0.15) is 16.8 Å². The molecule has 0 aliphatic rings. The van der Waals surface area contributed by atoms with E-state index >= 15 is 0 Å². The molecule has 26 heavy (non-hydrogen) atoms. The third-order valence-electron chi connectivity index (χ3n) is 3.60. The number of carbonyl (C=O) groups is 2. The molecule has 0 saturated heterocycles. The molecule has 0 fully saturated rings. The predicted octanol–water partition coefficient (Wildman–Crippen LogP) is 3.29. The van der Waals surface area contributed by atoms with Crippen LogP contribution in [0, 0.1) is 0 Å². The van der Waals surface area contributed by atoms with Crippen LogP contribution in [-0.4, -0.2) is 34.6 Å². The SMILES string of the molecule is C=CCCC(NC(=O)Cc1csc(-c2ccc(OCC)cc2)n1)C(=O)O. The number of carbonyl (C=O) groups excluding carboxylic acids is 1. The summed E-state index contributed by atoms with van der Waals surface area (Å²) in [4.78, 5) is 27.7. The Morgan fingerprint density at radius 3 is 2.73 bits per heavy atom. The van der Waals surface area contributed by atoms with Gasteiger partial charge in [-0.2, -0.15) is 0 Å². The van der Waals surface area contributed by atoms with Crippen LogP contribution in [-0.2, 0) is 16.0 Å². The molecule has 0 bridgehead atoms. The van der Waals surface area contributed by atoms with E-state index in [2.05, 4.69) is 16.9 Å². The lowest BCUT2D eigenvalue weighted by Crippen LogP contribution is -2.41. The minimum atomic E-state index is -1.05. The maximum Gasteiger partial charge on any atom is 0.326 e. The number of thiazole rings is 1. The fraction of sp³-hybridized carbons (Fsp3) is 0.316. The average molecular weight is 374 g/mol. The van der Waals surface area contributed by atoms with Crippen LogP contribution in [0.15, 0.2) is 42.3 Å². The summed E-state index contributed by atoms with van der Waals surface area (Å²) in [5, 5.41) is 14.3. The van der Waals surface area contributed by atoms with Crippen molar-refractivity contribution in [2.45, 2.75) is 32.2 Å². The van der Waals surface area contributed by atoms with Crippen molar-refractivity contribution in [1.82, 2.24) is 10.3 Å². The number of nitrogens with one attached hydrogen (secondary N) is 1. The molecule has 2 aromatic rings. The van der Waals surface area contributed by atoms with Crippen molar-refractivity contribution in [3.63, 3.8) is 0 Å². The van der Waals surface area contributed by atoms with Gasteiger partial charge in [-0.05, 0) is 44.0 Å². The molecule has 0 aliphatic carbocycles. The zero-order valence-corrected chi connectivity index (χ0v) is 15.4. The van der Waals surface area contributed by atoms with E-state index in [1.807, 2.05) is 36.6 Å². The summed E-state index contributed by atoms with van der Waals surface area (Å²) in [6.45, 7) is 6.10. The largest absolute Gasteiger partial charge is 0.494 e. The number of allylic oxidation sites excluding steroid dienone is 1. The molecular weight excluding hydrogens is 352 g/mol. The summed E-state index contributed by atoms with van der Waals surface area (Å²) in [5.74, 6) is -0.606. The second kappa shape index (κ2) is 9.72. The summed E-state index contributed by atoms with van der Waals surface area (Å²) < 4.78 is 5.41. The highest BCUT2D eigenvalue weighted by atomic mass is 32.1. The van der Waals surface area contributed by atoms with Crippen LogP contribution in [0.1, 0.15) is 25.5 Å². The number of hydrogen-bond donors (Lipinski definition) is 2. The zero-order valence-electron chi connectivity index (χ0n) is 14.6. The summed E-state index contributed by atoms with van der Waals surface area (Å²) in [6.07, 6.45) is 2.52. The molecule has 0 saturated carbocycles. The van der Waals surface area contributed by atoms with Crippen LogP contribution < -0.4 is 10.1 Å². The monoisotopic (exact) mass is 374 g/mol. The van der Waals surface area contributed by atoms with Crippen molar-refractivity contribution in [3.05, 3.63) is 48.0 Å². The number of ether oxygens (including phenoxy) is 1. The molecule has 2 rings (SSSR count). The van der Waals surface area contributed by atoms with Crippen molar-refractivity contribution in [3.8, 4) is 16.3 Å². The minimum absolute atomic E-state index is 0.0470. The van der Waals surface area contributed by atoms with Crippen molar-refractivity contribution in [2.75, 3.05) is 6.61 Å². The molecule has 2 N–H and O–H groups in total. The van der Waals surface area contributed by atoms with Crippen LogP contribution >= 0.6 is 11.3 Å². The van der Waals surface area contributed by atoms with Gasteiger partial charge in [0.05, 0.1) is 18.7 Å². The first-order chi connectivity index (χ1) is 12.5. The van der Waals surface area contributed by atoms with Gasteiger partial charge in [-0.1, -0.05) is 6.08 Å². The maximum atomic E-state index is 12.1. The summed E-state index contributed by atoms with van der Waals surface area (Å²) in [6, 6.07) is 6.69. The van der Waals surface area contributed by atoms with E-state index in [9.17, 15) is 9.59 Å². The Kier molecular flexibility index (Phi) is 7.35. The summed E-state index contributed by atoms with van der Waals surface area (Å²) in [5.41, 5.74) is 1.56. The first-order valence-electron chi connectivity index (χ1n) is 8.34. The van der Waals surface area contributed by atoms with Gasteiger partial charge in [-0.15, -0.1) is 17.9 Å². The third-order valence-corrected chi connectivity index (χ3v) is 4.54. The normalized spacial score (nSPS) is 11.6. The summed E-state index contributed by atoms with van der Waals surface area (Å²) in [7, 11) is 0. The highest BCUT2D eigenvalue weighted by Gasteiger charge is 2.19. The molecule has 1 amide bonds. The van der Waals surface area contributed by atoms with Crippen LogP contribution in [0.5, 0.6) is 5.75 Å². The molecule has 0 spiro atoms. The van der Waals surface area contributed by atoms with Gasteiger partial charge >= 0.3 is 5.97 Å². The highest BCUT2D eigenvalue weighted by Crippen LogP contribution is 2.26. The third kappa shape index (κ3) is 5.70. The number of carboxylic acids is 1. The summed E-state index contributed by atoms with van der Waals surface area (Å²) >= 11 is 1.44. The Labute approximate surface area is 156 Å². The molecule has 0 radical (unpaired) electrons. The Hall–Kier alpha value is -2.67. The van der Waals surface area contributed by atoms with Crippen LogP contribution in [0.2, 0.25) is 0 Å². The van der Waals surface area contributed by atoms with Crippen LogP contribution in [0.4, 0.5) is 0 Å². The van der Waals surface area contributed by atoms with E-state index in [0.717, 1.165) is 16.3 Å². The van der Waals surface area contributed by atoms with E-state index in [-0.39, 0.29) is 12.3 Å². The quantitative estimate of drug-likeness (QED) is 0.623. The van der Waals surface area contributed by atoms with Gasteiger partial charge < -0.3 is 15.2 Å². The lowest BCUT2D eigenvalue weighted by Gasteiger charge is -2.12. The Bertz CT molecular complexity index is 755. The molecule has 1 heterocycles. The molecule has 1 unspecified atom stereocenters. The van der Waals surface area contributed by atoms with Gasteiger partial charge in [0.25, 0.3) is 0 Å². The van der Waals surface area contributed by atoms with Crippen molar-refractivity contribution in [2.24, 2.45) is 0 Å². The second-order valence-electron chi connectivity index (χ2n) is 5.60. The second-order valence-corrected chi connectivity index (χ2v) is 6.46. The number of carboxylic acid groups (broad SMARTS) is 1. The fourth-order valence-electron chi connectivity index (χ4n) is 2.33. The molecule has 6 nitrogen and oxygen atoms in total. The van der Waals surface area contributed by atoms with Gasteiger partial charge in [0.15, 0.2) is 0 Å². The number of aromatic nitrogens is 1. The predicted molar refractivity (Wildman–Crippen MR) is 101 cm³/mol. The number of hydrogen-bond acceptors (Lipinski definition) is 5. The van der Waals surface area contributed by atoms with E-state index in [1.54, 1.807) is 6.08 Å². The number of rotatable bonds is 10. The van der Waals surface area contributed by atoms with Crippen molar-refractivity contribution < 1.29 is 19.4 Å². The van der Waals surface area contributed by atoms with E-state index in [1.165, 1.54) is 11.3 Å². The average Bonchev–Trinajstić information content (AvgIpc) is 3.07. The van der Waals surface area contributed by atoms with Crippen LogP contribution in [0.3, 0.4) is 0 Å². The van der Waals surface area contributed by atoms with E-state index in [0.29, 0.717) is 25.1 Å². The van der Waals surface area contributed by atoms with Gasteiger partial charge in [0.2, 0.25) is 5.91 Å². The van der Waals surface area contributed by atoms with E-state index < -0.39 is 12.0 Å². The van der Waals surface area contributed by atoms with Gasteiger partial charge in [-0.25, -0.2) is 9.78 Å². The number of nitrogens with zero attached hydrogens (tertiary/aromatic N) is 1. The molecule has 138 valence electrons. The molecule has 1 aromatic carbocycles. The van der Waals surface area contributed by atoms with Crippen LogP contribution in [0.25, 0.3) is 10.6 Å². The van der Waals surface area contributed by atoms with Gasteiger partial charge in [-0.3, -0.25) is 4.79 Å². The fourth-order valence-corrected chi connectivity index (χ4v) is 3.16. The lowest BCUT2D eigenvalue weighted by molar-refractivity contribution is -0.141. The zero-order chi connectivity index (χ0) is 18.9. The molecule has 1 aromatic heterocycles.